The molecule has 0 N–H and O–H groups in total. The van der Waals surface area contributed by atoms with Crippen molar-refractivity contribution < 1.29 is 9.47 Å². The zero-order valence-corrected chi connectivity index (χ0v) is 18.3. The van der Waals surface area contributed by atoms with Crippen molar-refractivity contribution in [2.45, 2.75) is 130 Å². The molecule has 0 aromatic heterocycles. The molecule has 0 rings (SSSR count). The van der Waals surface area contributed by atoms with E-state index in [4.69, 9.17) is 4.74 Å². The average Bonchev–Trinajstić information content (AvgIpc) is 2.61. The van der Waals surface area contributed by atoms with E-state index in [-0.39, 0.29) is 11.2 Å². The summed E-state index contributed by atoms with van der Waals surface area (Å²) in [6, 6.07) is 0. The molecule has 0 aromatic carbocycles. The maximum Gasteiger partial charge on any atom is 0.0684 e. The van der Waals surface area contributed by atoms with Crippen molar-refractivity contribution in [1.82, 2.24) is 0 Å². The van der Waals surface area contributed by atoms with Crippen LogP contribution in [0.4, 0.5) is 0 Å². The van der Waals surface area contributed by atoms with Gasteiger partial charge in [0.2, 0.25) is 0 Å². The van der Waals surface area contributed by atoms with Crippen molar-refractivity contribution in [2.75, 3.05) is 14.2 Å². The Balaban J connectivity index is 0. The Kier molecular flexibility index (Phi) is 17.9. The van der Waals surface area contributed by atoms with Gasteiger partial charge < -0.3 is 9.47 Å². The van der Waals surface area contributed by atoms with E-state index in [2.05, 4.69) is 46.3 Å². The second-order valence-electron chi connectivity index (χ2n) is 7.20. The van der Waals surface area contributed by atoms with E-state index < -0.39 is 0 Å². The molecule has 0 aliphatic heterocycles. The molecule has 0 saturated heterocycles. The highest BCUT2D eigenvalue weighted by molar-refractivity contribution is 4.87. The standard InChI is InChI=1S/C20H42O.C2H6O/c1-7-13-15-17-19(9-3,10-4)21-20(11-5,12-6)18-16-14-8-2;1-3-2/h7-18H2,1-6H3;1-2H3. The highest BCUT2D eigenvalue weighted by Gasteiger charge is 2.37. The minimum atomic E-state index is 0.118. The predicted octanol–water partition coefficient (Wildman–Crippen LogP) is 7.54. The lowest BCUT2D eigenvalue weighted by Crippen LogP contribution is -2.43. The first-order valence-electron chi connectivity index (χ1n) is 10.6. The van der Waals surface area contributed by atoms with E-state index in [0.717, 1.165) is 25.7 Å². The Labute approximate surface area is 154 Å². The van der Waals surface area contributed by atoms with Gasteiger partial charge in [-0.15, -0.1) is 0 Å². The topological polar surface area (TPSA) is 18.5 Å². The number of methoxy groups -OCH3 is 1. The van der Waals surface area contributed by atoms with Gasteiger partial charge in [-0.3, -0.25) is 0 Å². The van der Waals surface area contributed by atoms with Crippen LogP contribution < -0.4 is 0 Å². The molecule has 0 atom stereocenters. The number of hydrogen-bond donors (Lipinski definition) is 0. The van der Waals surface area contributed by atoms with Gasteiger partial charge in [-0.25, -0.2) is 0 Å². The molecule has 0 amide bonds. The fraction of sp³-hybridized carbons (Fsp3) is 1.00. The smallest absolute Gasteiger partial charge is 0.0684 e. The third-order valence-electron chi connectivity index (χ3n) is 5.48. The molecule has 0 aliphatic carbocycles. The van der Waals surface area contributed by atoms with Gasteiger partial charge in [0.1, 0.15) is 0 Å². The number of ether oxygens (including phenoxy) is 2. The number of rotatable bonds is 14. The van der Waals surface area contributed by atoms with Crippen LogP contribution in [0.1, 0.15) is 119 Å². The molecule has 2 heteroatoms. The molecule has 0 fully saturated rings. The second kappa shape index (κ2) is 16.4. The molecule has 0 aliphatic rings. The summed E-state index contributed by atoms with van der Waals surface area (Å²) in [6.45, 7) is 13.8. The summed E-state index contributed by atoms with van der Waals surface area (Å²) in [7, 11) is 3.25. The molecule has 0 unspecified atom stereocenters. The fourth-order valence-electron chi connectivity index (χ4n) is 3.45. The molecule has 0 aromatic rings. The largest absolute Gasteiger partial charge is 0.388 e. The SMILES string of the molecule is CCCCCC(CC)(CC)OC(CC)(CC)CCCCC.COC. The minimum Gasteiger partial charge on any atom is -0.388 e. The molecule has 24 heavy (non-hydrogen) atoms. The molecule has 0 heterocycles. The molecule has 0 bridgehead atoms. The fourth-order valence-corrected chi connectivity index (χ4v) is 3.45. The summed E-state index contributed by atoms with van der Waals surface area (Å²) in [5.74, 6) is 0. The van der Waals surface area contributed by atoms with Crippen LogP contribution in [0.3, 0.4) is 0 Å². The lowest BCUT2D eigenvalue weighted by atomic mass is 9.85. The average molecular weight is 345 g/mol. The van der Waals surface area contributed by atoms with Gasteiger partial charge in [-0.1, -0.05) is 80.1 Å². The van der Waals surface area contributed by atoms with Crippen molar-refractivity contribution in [3.05, 3.63) is 0 Å². The Morgan fingerprint density at radius 2 is 0.833 bits per heavy atom. The van der Waals surface area contributed by atoms with E-state index in [0.29, 0.717) is 0 Å². The van der Waals surface area contributed by atoms with Crippen LogP contribution in [0.2, 0.25) is 0 Å². The van der Waals surface area contributed by atoms with Crippen LogP contribution in [-0.2, 0) is 9.47 Å². The minimum absolute atomic E-state index is 0.118. The summed E-state index contributed by atoms with van der Waals surface area (Å²) < 4.78 is 11.2. The molecule has 0 saturated carbocycles. The van der Waals surface area contributed by atoms with E-state index in [9.17, 15) is 0 Å². The third-order valence-corrected chi connectivity index (χ3v) is 5.48. The van der Waals surface area contributed by atoms with Gasteiger partial charge in [0.25, 0.3) is 0 Å². The van der Waals surface area contributed by atoms with Crippen molar-refractivity contribution in [3.63, 3.8) is 0 Å². The molecule has 2 nitrogen and oxygen atoms in total. The summed E-state index contributed by atoms with van der Waals surface area (Å²) in [5, 5.41) is 0. The molecule has 0 radical (unpaired) electrons. The van der Waals surface area contributed by atoms with Crippen molar-refractivity contribution >= 4 is 0 Å². The first-order valence-corrected chi connectivity index (χ1v) is 10.6. The lowest BCUT2D eigenvalue weighted by Gasteiger charge is -2.44. The monoisotopic (exact) mass is 344 g/mol. The van der Waals surface area contributed by atoms with Gasteiger partial charge in [0, 0.05) is 14.2 Å². The molecule has 0 spiro atoms. The Morgan fingerprint density at radius 1 is 0.542 bits per heavy atom. The second-order valence-corrected chi connectivity index (χ2v) is 7.20. The molecule has 148 valence electrons. The summed E-state index contributed by atoms with van der Waals surface area (Å²) in [5.41, 5.74) is 0.237. The number of hydrogen-bond acceptors (Lipinski definition) is 2. The molecular formula is C22H48O2. The van der Waals surface area contributed by atoms with Gasteiger partial charge in [-0.05, 0) is 38.5 Å². The quantitative estimate of drug-likeness (QED) is 0.303. The van der Waals surface area contributed by atoms with Gasteiger partial charge >= 0.3 is 0 Å². The Bertz CT molecular complexity index is 218. The first kappa shape index (κ1) is 26.2. The Hall–Kier alpha value is -0.0800. The van der Waals surface area contributed by atoms with Crippen LogP contribution in [0.5, 0.6) is 0 Å². The maximum absolute atomic E-state index is 6.92. The zero-order chi connectivity index (χ0) is 18.9. The normalized spacial score (nSPS) is 12.0. The van der Waals surface area contributed by atoms with Crippen LogP contribution in [0.15, 0.2) is 0 Å². The van der Waals surface area contributed by atoms with Crippen LogP contribution in [0, 0.1) is 0 Å². The van der Waals surface area contributed by atoms with Crippen molar-refractivity contribution in [2.24, 2.45) is 0 Å². The highest BCUT2D eigenvalue weighted by Crippen LogP contribution is 2.38. The van der Waals surface area contributed by atoms with E-state index >= 15 is 0 Å². The summed E-state index contributed by atoms with van der Waals surface area (Å²) >= 11 is 0. The summed E-state index contributed by atoms with van der Waals surface area (Å²) in [6.07, 6.45) is 15.0. The zero-order valence-electron chi connectivity index (χ0n) is 18.3. The van der Waals surface area contributed by atoms with E-state index in [1.165, 1.54) is 51.4 Å². The van der Waals surface area contributed by atoms with Crippen LogP contribution in [-0.4, -0.2) is 25.4 Å². The van der Waals surface area contributed by atoms with Gasteiger partial charge in [-0.2, -0.15) is 0 Å². The molecular weight excluding hydrogens is 296 g/mol. The summed E-state index contributed by atoms with van der Waals surface area (Å²) in [4.78, 5) is 0. The van der Waals surface area contributed by atoms with Gasteiger partial charge in [0.05, 0.1) is 11.2 Å². The van der Waals surface area contributed by atoms with Crippen molar-refractivity contribution in [1.29, 1.82) is 0 Å². The van der Waals surface area contributed by atoms with Gasteiger partial charge in [0.15, 0.2) is 0 Å². The lowest BCUT2D eigenvalue weighted by molar-refractivity contribution is -0.173. The van der Waals surface area contributed by atoms with Crippen LogP contribution in [0.25, 0.3) is 0 Å². The first-order chi connectivity index (χ1) is 11.5. The van der Waals surface area contributed by atoms with Crippen LogP contribution >= 0.6 is 0 Å². The van der Waals surface area contributed by atoms with Crippen molar-refractivity contribution in [3.8, 4) is 0 Å². The predicted molar refractivity (Wildman–Crippen MR) is 109 cm³/mol. The van der Waals surface area contributed by atoms with E-state index in [1.807, 2.05) is 0 Å². The highest BCUT2D eigenvalue weighted by atomic mass is 16.5. The van der Waals surface area contributed by atoms with E-state index in [1.54, 1.807) is 14.2 Å². The third kappa shape index (κ3) is 10.7. The Morgan fingerprint density at radius 3 is 1.04 bits per heavy atom. The maximum atomic E-state index is 6.92. The number of unbranched alkanes of at least 4 members (excludes halogenated alkanes) is 4.